The Morgan fingerprint density at radius 1 is 0.963 bits per heavy atom. The van der Waals surface area contributed by atoms with Crippen molar-refractivity contribution in [3.8, 4) is 28.0 Å². The molecule has 0 radical (unpaired) electrons. The number of ether oxygens (including phenoxy) is 2. The Labute approximate surface area is 156 Å². The molecule has 0 fully saturated rings. The SMILES string of the molecule is COC(=O)c1cccc2[nH]cc(-c3cncc(-c4cccc(OC)c4)c3)c12. The molecule has 4 aromatic rings. The summed E-state index contributed by atoms with van der Waals surface area (Å²) in [5, 5.41) is 0.828. The summed E-state index contributed by atoms with van der Waals surface area (Å²) in [5.41, 5.74) is 5.20. The molecule has 0 spiro atoms. The fraction of sp³-hybridized carbons (Fsp3) is 0.0909. The molecule has 0 amide bonds. The van der Waals surface area contributed by atoms with Gasteiger partial charge in [-0.3, -0.25) is 4.98 Å². The zero-order valence-corrected chi connectivity index (χ0v) is 15.0. The van der Waals surface area contributed by atoms with E-state index in [9.17, 15) is 4.79 Å². The predicted molar refractivity (Wildman–Crippen MR) is 105 cm³/mol. The van der Waals surface area contributed by atoms with Gasteiger partial charge in [0.25, 0.3) is 0 Å². The second-order valence-electron chi connectivity index (χ2n) is 6.12. The van der Waals surface area contributed by atoms with Crippen molar-refractivity contribution in [2.75, 3.05) is 14.2 Å². The van der Waals surface area contributed by atoms with Crippen LogP contribution in [0.3, 0.4) is 0 Å². The first-order valence-corrected chi connectivity index (χ1v) is 8.49. The van der Waals surface area contributed by atoms with Crippen molar-refractivity contribution in [2.45, 2.75) is 0 Å². The molecule has 4 rings (SSSR count). The Kier molecular flexibility index (Phi) is 4.34. The molecule has 0 saturated carbocycles. The Morgan fingerprint density at radius 3 is 2.59 bits per heavy atom. The van der Waals surface area contributed by atoms with Crippen molar-refractivity contribution in [3.63, 3.8) is 0 Å². The number of hydrogen-bond donors (Lipinski definition) is 1. The van der Waals surface area contributed by atoms with Gasteiger partial charge in [-0.25, -0.2) is 4.79 Å². The largest absolute Gasteiger partial charge is 0.497 e. The number of fused-ring (bicyclic) bond motifs is 1. The highest BCUT2D eigenvalue weighted by Crippen LogP contribution is 2.33. The third-order valence-corrected chi connectivity index (χ3v) is 4.56. The predicted octanol–water partition coefficient (Wildman–Crippen LogP) is 4.69. The molecule has 0 aliphatic heterocycles. The van der Waals surface area contributed by atoms with Crippen LogP contribution in [0.5, 0.6) is 5.75 Å². The molecule has 0 atom stereocenters. The third-order valence-electron chi connectivity index (χ3n) is 4.56. The van der Waals surface area contributed by atoms with Gasteiger partial charge in [0.15, 0.2) is 0 Å². The average Bonchev–Trinajstić information content (AvgIpc) is 3.17. The maximum absolute atomic E-state index is 12.2. The number of carbonyl (C=O) groups is 1. The number of esters is 1. The van der Waals surface area contributed by atoms with E-state index in [-0.39, 0.29) is 5.97 Å². The lowest BCUT2D eigenvalue weighted by atomic mass is 9.99. The summed E-state index contributed by atoms with van der Waals surface area (Å²) in [6.07, 6.45) is 5.50. The fourth-order valence-electron chi connectivity index (χ4n) is 3.24. The number of benzene rings is 2. The highest BCUT2D eigenvalue weighted by Gasteiger charge is 2.16. The van der Waals surface area contributed by atoms with Gasteiger partial charge in [0.1, 0.15) is 5.75 Å². The van der Waals surface area contributed by atoms with Crippen molar-refractivity contribution in [3.05, 3.63) is 72.7 Å². The summed E-state index contributed by atoms with van der Waals surface area (Å²) in [4.78, 5) is 19.8. The molecule has 0 bridgehead atoms. The van der Waals surface area contributed by atoms with Crippen LogP contribution in [0.15, 0.2) is 67.1 Å². The maximum Gasteiger partial charge on any atom is 0.338 e. The first-order valence-electron chi connectivity index (χ1n) is 8.49. The molecule has 0 saturated heterocycles. The smallest absolute Gasteiger partial charge is 0.338 e. The van der Waals surface area contributed by atoms with Crippen molar-refractivity contribution in [1.29, 1.82) is 0 Å². The molecule has 5 heteroatoms. The third kappa shape index (κ3) is 3.04. The van der Waals surface area contributed by atoms with Crippen molar-refractivity contribution in [2.24, 2.45) is 0 Å². The topological polar surface area (TPSA) is 64.2 Å². The van der Waals surface area contributed by atoms with Gasteiger partial charge in [0, 0.05) is 46.2 Å². The molecule has 27 heavy (non-hydrogen) atoms. The molecule has 1 N–H and O–H groups in total. The molecule has 5 nitrogen and oxygen atoms in total. The summed E-state index contributed by atoms with van der Waals surface area (Å²) in [6, 6.07) is 15.4. The van der Waals surface area contributed by atoms with E-state index in [2.05, 4.69) is 16.0 Å². The number of nitrogens with zero attached hydrogens (tertiary/aromatic N) is 1. The van der Waals surface area contributed by atoms with E-state index < -0.39 is 0 Å². The first kappa shape index (κ1) is 16.8. The summed E-state index contributed by atoms with van der Waals surface area (Å²) in [7, 11) is 3.03. The Balaban J connectivity index is 1.86. The van der Waals surface area contributed by atoms with Crippen LogP contribution in [-0.2, 0) is 4.74 Å². The van der Waals surface area contributed by atoms with Crippen LogP contribution >= 0.6 is 0 Å². The number of H-pyrrole nitrogens is 1. The minimum absolute atomic E-state index is 0.363. The number of rotatable bonds is 4. The number of hydrogen-bond acceptors (Lipinski definition) is 4. The van der Waals surface area contributed by atoms with E-state index in [1.165, 1.54) is 7.11 Å². The molecule has 134 valence electrons. The highest BCUT2D eigenvalue weighted by atomic mass is 16.5. The number of aromatic amines is 1. The van der Waals surface area contributed by atoms with Gasteiger partial charge in [-0.05, 0) is 35.9 Å². The lowest BCUT2D eigenvalue weighted by molar-refractivity contribution is 0.0603. The standard InChI is InChI=1S/C22H18N2O3/c1-26-17-6-3-5-14(10-17)15-9-16(12-23-11-15)19-13-24-20-8-4-7-18(21(19)20)22(25)27-2/h3-13,24H,1-2H3. The molecular formula is C22H18N2O3. The molecule has 2 aromatic heterocycles. The van der Waals surface area contributed by atoms with Gasteiger partial charge in [-0.2, -0.15) is 0 Å². The zero-order chi connectivity index (χ0) is 18.8. The molecule has 0 aliphatic carbocycles. The van der Waals surface area contributed by atoms with Crippen LogP contribution in [-0.4, -0.2) is 30.2 Å². The monoisotopic (exact) mass is 358 g/mol. The van der Waals surface area contributed by atoms with Crippen molar-refractivity contribution >= 4 is 16.9 Å². The normalized spacial score (nSPS) is 10.7. The van der Waals surface area contributed by atoms with Crippen molar-refractivity contribution < 1.29 is 14.3 Å². The van der Waals surface area contributed by atoms with E-state index in [1.807, 2.05) is 48.8 Å². The zero-order valence-electron chi connectivity index (χ0n) is 15.0. The van der Waals surface area contributed by atoms with E-state index in [1.54, 1.807) is 19.4 Å². The van der Waals surface area contributed by atoms with Gasteiger partial charge >= 0.3 is 5.97 Å². The van der Waals surface area contributed by atoms with Gasteiger partial charge in [-0.1, -0.05) is 18.2 Å². The van der Waals surface area contributed by atoms with Crippen molar-refractivity contribution in [1.82, 2.24) is 9.97 Å². The number of methoxy groups -OCH3 is 2. The van der Waals surface area contributed by atoms with E-state index >= 15 is 0 Å². The first-order chi connectivity index (χ1) is 13.2. The number of nitrogens with one attached hydrogen (secondary N) is 1. The molecule has 2 heterocycles. The van der Waals surface area contributed by atoms with Crippen LogP contribution in [0, 0.1) is 0 Å². The number of aromatic nitrogens is 2. The fourth-order valence-corrected chi connectivity index (χ4v) is 3.24. The van der Waals surface area contributed by atoms with Gasteiger partial charge in [0.2, 0.25) is 0 Å². The lowest BCUT2D eigenvalue weighted by Crippen LogP contribution is -2.01. The van der Waals surface area contributed by atoms with Crippen LogP contribution < -0.4 is 4.74 Å². The Hall–Kier alpha value is -3.60. The van der Waals surface area contributed by atoms with Crippen LogP contribution in [0.4, 0.5) is 0 Å². The summed E-state index contributed by atoms with van der Waals surface area (Å²) in [5.74, 6) is 0.427. The molecule has 2 aromatic carbocycles. The Morgan fingerprint density at radius 2 is 1.78 bits per heavy atom. The van der Waals surface area contributed by atoms with Crippen LogP contribution in [0.1, 0.15) is 10.4 Å². The minimum Gasteiger partial charge on any atom is -0.497 e. The summed E-state index contributed by atoms with van der Waals surface area (Å²) < 4.78 is 10.3. The van der Waals surface area contributed by atoms with Crippen LogP contribution in [0.25, 0.3) is 33.2 Å². The average molecular weight is 358 g/mol. The van der Waals surface area contributed by atoms with Gasteiger partial charge < -0.3 is 14.5 Å². The van der Waals surface area contributed by atoms with Gasteiger partial charge in [0.05, 0.1) is 19.8 Å². The van der Waals surface area contributed by atoms with Crippen LogP contribution in [0.2, 0.25) is 0 Å². The maximum atomic E-state index is 12.2. The summed E-state index contributed by atoms with van der Waals surface area (Å²) in [6.45, 7) is 0. The number of pyridine rings is 1. The lowest BCUT2D eigenvalue weighted by Gasteiger charge is -2.08. The number of carbonyl (C=O) groups excluding carboxylic acids is 1. The quantitative estimate of drug-likeness (QED) is 0.538. The molecule has 0 unspecified atom stereocenters. The van der Waals surface area contributed by atoms with E-state index in [4.69, 9.17) is 9.47 Å². The molecular weight excluding hydrogens is 340 g/mol. The second-order valence-corrected chi connectivity index (χ2v) is 6.12. The van der Waals surface area contributed by atoms with E-state index in [0.29, 0.717) is 5.56 Å². The summed E-state index contributed by atoms with van der Waals surface area (Å²) >= 11 is 0. The Bertz CT molecular complexity index is 1130. The molecule has 0 aliphatic rings. The van der Waals surface area contributed by atoms with E-state index in [0.717, 1.165) is 38.9 Å². The van der Waals surface area contributed by atoms with Gasteiger partial charge in [-0.15, -0.1) is 0 Å². The second kappa shape index (κ2) is 6.96. The highest BCUT2D eigenvalue weighted by molar-refractivity contribution is 6.10. The minimum atomic E-state index is -0.363.